The summed E-state index contributed by atoms with van der Waals surface area (Å²) in [6.45, 7) is 0.862. The van der Waals surface area contributed by atoms with Crippen molar-refractivity contribution in [1.82, 2.24) is 0 Å². The molecular weight excluding hydrogens is 210 g/mol. The van der Waals surface area contributed by atoms with Crippen molar-refractivity contribution in [3.8, 4) is 0 Å². The number of hydrogen-bond donors (Lipinski definition) is 2. The van der Waals surface area contributed by atoms with Gasteiger partial charge in [0.15, 0.2) is 0 Å². The molecule has 0 aliphatic heterocycles. The second-order valence-electron chi connectivity index (χ2n) is 5.01. The summed E-state index contributed by atoms with van der Waals surface area (Å²) in [7, 11) is 0. The van der Waals surface area contributed by atoms with Crippen LogP contribution in [0.2, 0.25) is 0 Å². The van der Waals surface area contributed by atoms with Crippen molar-refractivity contribution in [2.24, 2.45) is 11.7 Å². The molecule has 88 valence electrons. The molecule has 17 heavy (non-hydrogen) atoms. The van der Waals surface area contributed by atoms with Crippen LogP contribution in [-0.4, -0.2) is 18.3 Å². The predicted octanol–water partition coefficient (Wildman–Crippen LogP) is 2.05. The van der Waals surface area contributed by atoms with Crippen LogP contribution >= 0.6 is 0 Å². The highest BCUT2D eigenvalue weighted by molar-refractivity contribution is 5.83. The van der Waals surface area contributed by atoms with Gasteiger partial charge in [-0.25, -0.2) is 0 Å². The van der Waals surface area contributed by atoms with Crippen molar-refractivity contribution in [3.63, 3.8) is 0 Å². The third kappa shape index (κ3) is 1.56. The van der Waals surface area contributed by atoms with Crippen molar-refractivity contribution in [3.05, 3.63) is 48.0 Å². The summed E-state index contributed by atoms with van der Waals surface area (Å²) >= 11 is 0. The molecule has 3 N–H and O–H groups in total. The van der Waals surface area contributed by atoms with E-state index >= 15 is 0 Å². The van der Waals surface area contributed by atoms with E-state index in [-0.39, 0.29) is 12.0 Å². The third-order valence-corrected chi connectivity index (χ3v) is 4.14. The summed E-state index contributed by atoms with van der Waals surface area (Å²) in [4.78, 5) is 0. The smallest absolute Gasteiger partial charge is 0.0468 e. The number of fused-ring (bicyclic) bond motifs is 1. The Bertz CT molecular complexity index is 551. The van der Waals surface area contributed by atoms with Crippen LogP contribution in [0.1, 0.15) is 12.0 Å². The molecule has 0 amide bonds. The molecule has 2 aromatic carbocycles. The van der Waals surface area contributed by atoms with Crippen LogP contribution in [0.3, 0.4) is 0 Å². The second-order valence-corrected chi connectivity index (χ2v) is 5.01. The van der Waals surface area contributed by atoms with Crippen LogP contribution in [-0.2, 0) is 5.41 Å². The van der Waals surface area contributed by atoms with E-state index in [1.165, 1.54) is 16.3 Å². The van der Waals surface area contributed by atoms with Gasteiger partial charge in [-0.1, -0.05) is 42.5 Å². The Morgan fingerprint density at radius 2 is 1.94 bits per heavy atom. The Kier molecular flexibility index (Phi) is 2.42. The lowest BCUT2D eigenvalue weighted by Crippen LogP contribution is -2.23. The monoisotopic (exact) mass is 227 g/mol. The van der Waals surface area contributed by atoms with Crippen molar-refractivity contribution >= 4 is 10.8 Å². The predicted molar refractivity (Wildman–Crippen MR) is 69.9 cm³/mol. The van der Waals surface area contributed by atoms with Gasteiger partial charge in [-0.15, -0.1) is 0 Å². The van der Waals surface area contributed by atoms with E-state index in [9.17, 15) is 5.11 Å². The van der Waals surface area contributed by atoms with Crippen LogP contribution in [0.4, 0.5) is 0 Å². The minimum Gasteiger partial charge on any atom is -0.396 e. The molecule has 1 fully saturated rings. The minimum atomic E-state index is 0.0266. The molecular formula is C15H17NO. The first kappa shape index (κ1) is 10.8. The highest BCUT2D eigenvalue weighted by atomic mass is 16.3. The number of aliphatic hydroxyl groups is 1. The Morgan fingerprint density at radius 1 is 1.18 bits per heavy atom. The van der Waals surface area contributed by atoms with Crippen LogP contribution in [0.5, 0.6) is 0 Å². The average molecular weight is 227 g/mol. The molecule has 0 radical (unpaired) electrons. The molecule has 1 aliphatic rings. The fraction of sp³-hybridized carbons (Fsp3) is 0.333. The molecule has 2 aromatic rings. The molecule has 0 bridgehead atoms. The second kappa shape index (κ2) is 3.83. The van der Waals surface area contributed by atoms with Crippen molar-refractivity contribution in [2.75, 3.05) is 13.2 Å². The minimum absolute atomic E-state index is 0.0266. The molecule has 2 atom stereocenters. The summed E-state index contributed by atoms with van der Waals surface area (Å²) in [5.74, 6) is 0.341. The number of rotatable bonds is 3. The highest BCUT2D eigenvalue weighted by Crippen LogP contribution is 2.53. The van der Waals surface area contributed by atoms with Gasteiger partial charge in [0.25, 0.3) is 0 Å². The summed E-state index contributed by atoms with van der Waals surface area (Å²) in [6, 6.07) is 14.9. The van der Waals surface area contributed by atoms with Gasteiger partial charge in [-0.2, -0.15) is 0 Å². The molecule has 0 aromatic heterocycles. The molecule has 3 rings (SSSR count). The molecule has 0 spiro atoms. The summed E-state index contributed by atoms with van der Waals surface area (Å²) in [5.41, 5.74) is 7.20. The van der Waals surface area contributed by atoms with Gasteiger partial charge in [-0.3, -0.25) is 0 Å². The molecule has 1 saturated carbocycles. The Balaban J connectivity index is 2.07. The molecule has 0 heterocycles. The van der Waals surface area contributed by atoms with Gasteiger partial charge in [-0.05, 0) is 28.7 Å². The maximum atomic E-state index is 9.29. The van der Waals surface area contributed by atoms with Crippen LogP contribution < -0.4 is 5.73 Å². The van der Waals surface area contributed by atoms with Crippen molar-refractivity contribution in [1.29, 1.82) is 0 Å². The van der Waals surface area contributed by atoms with Gasteiger partial charge in [0, 0.05) is 18.6 Å². The SMILES string of the molecule is NC[C@]1(c2ccc3ccccc3c2)CC1CO. The first-order chi connectivity index (χ1) is 8.30. The Hall–Kier alpha value is -1.38. The van der Waals surface area contributed by atoms with Crippen LogP contribution in [0.25, 0.3) is 10.8 Å². The van der Waals surface area contributed by atoms with E-state index in [2.05, 4.69) is 36.4 Å². The lowest BCUT2D eigenvalue weighted by Gasteiger charge is -2.15. The van der Waals surface area contributed by atoms with Crippen molar-refractivity contribution in [2.45, 2.75) is 11.8 Å². The molecule has 0 saturated heterocycles. The van der Waals surface area contributed by atoms with E-state index < -0.39 is 0 Å². The van der Waals surface area contributed by atoms with E-state index in [0.717, 1.165) is 6.42 Å². The summed E-state index contributed by atoms with van der Waals surface area (Å²) < 4.78 is 0. The molecule has 1 unspecified atom stereocenters. The number of nitrogens with two attached hydrogens (primary N) is 1. The van der Waals surface area contributed by atoms with Gasteiger partial charge >= 0.3 is 0 Å². The Labute approximate surface area is 101 Å². The highest BCUT2D eigenvalue weighted by Gasteiger charge is 2.53. The van der Waals surface area contributed by atoms with E-state index in [0.29, 0.717) is 12.5 Å². The third-order valence-electron chi connectivity index (χ3n) is 4.14. The van der Waals surface area contributed by atoms with E-state index in [1.807, 2.05) is 6.07 Å². The van der Waals surface area contributed by atoms with Gasteiger partial charge in [0.2, 0.25) is 0 Å². The standard InChI is InChI=1S/C15H17NO/c16-10-15(8-14(15)9-17)13-6-5-11-3-1-2-4-12(11)7-13/h1-7,14,17H,8-10,16H2/t14?,15-/m0/s1. The zero-order chi connectivity index (χ0) is 11.9. The Morgan fingerprint density at radius 3 is 2.59 bits per heavy atom. The molecule has 2 nitrogen and oxygen atoms in total. The summed E-state index contributed by atoms with van der Waals surface area (Å²) in [5, 5.41) is 11.8. The van der Waals surface area contributed by atoms with E-state index in [4.69, 9.17) is 5.73 Å². The van der Waals surface area contributed by atoms with Gasteiger partial charge in [0.05, 0.1) is 0 Å². The number of aliphatic hydroxyl groups excluding tert-OH is 1. The normalized spacial score (nSPS) is 27.3. The lowest BCUT2D eigenvalue weighted by atomic mass is 9.91. The average Bonchev–Trinajstić information content (AvgIpc) is 3.13. The van der Waals surface area contributed by atoms with E-state index in [1.54, 1.807) is 0 Å². The zero-order valence-electron chi connectivity index (χ0n) is 9.76. The lowest BCUT2D eigenvalue weighted by molar-refractivity contribution is 0.264. The zero-order valence-corrected chi connectivity index (χ0v) is 9.76. The first-order valence-corrected chi connectivity index (χ1v) is 6.10. The van der Waals surface area contributed by atoms with Crippen LogP contribution in [0.15, 0.2) is 42.5 Å². The fourth-order valence-electron chi connectivity index (χ4n) is 2.84. The van der Waals surface area contributed by atoms with Gasteiger partial charge < -0.3 is 10.8 Å². The topological polar surface area (TPSA) is 46.2 Å². The molecule has 1 aliphatic carbocycles. The largest absolute Gasteiger partial charge is 0.396 e. The van der Waals surface area contributed by atoms with Gasteiger partial charge in [0.1, 0.15) is 0 Å². The maximum Gasteiger partial charge on any atom is 0.0468 e. The van der Waals surface area contributed by atoms with Crippen molar-refractivity contribution < 1.29 is 5.11 Å². The van der Waals surface area contributed by atoms with Crippen LogP contribution in [0, 0.1) is 5.92 Å². The number of benzene rings is 2. The number of hydrogen-bond acceptors (Lipinski definition) is 2. The summed E-state index contributed by atoms with van der Waals surface area (Å²) in [6.07, 6.45) is 1.01. The maximum absolute atomic E-state index is 9.29. The first-order valence-electron chi connectivity index (χ1n) is 6.10. The fourth-order valence-corrected chi connectivity index (χ4v) is 2.84. The quantitative estimate of drug-likeness (QED) is 0.843. The molecule has 2 heteroatoms.